The summed E-state index contributed by atoms with van der Waals surface area (Å²) in [5.41, 5.74) is 1.25. The van der Waals surface area contributed by atoms with Crippen molar-refractivity contribution in [2.75, 3.05) is 26.3 Å². The van der Waals surface area contributed by atoms with Crippen molar-refractivity contribution in [1.82, 2.24) is 4.90 Å². The van der Waals surface area contributed by atoms with Gasteiger partial charge in [0, 0.05) is 12.6 Å². The molecule has 1 aromatic rings. The molecule has 2 rings (SSSR count). The first-order valence-corrected chi connectivity index (χ1v) is 6.84. The molecule has 3 nitrogen and oxygen atoms in total. The molecule has 1 unspecified atom stereocenters. The van der Waals surface area contributed by atoms with Gasteiger partial charge in [-0.2, -0.15) is 0 Å². The zero-order chi connectivity index (χ0) is 12.8. The van der Waals surface area contributed by atoms with Gasteiger partial charge >= 0.3 is 0 Å². The van der Waals surface area contributed by atoms with Crippen LogP contribution in [0.2, 0.25) is 0 Å². The summed E-state index contributed by atoms with van der Waals surface area (Å²) >= 11 is 0. The molecule has 0 saturated carbocycles. The van der Waals surface area contributed by atoms with E-state index >= 15 is 0 Å². The second-order valence-electron chi connectivity index (χ2n) is 5.03. The first-order chi connectivity index (χ1) is 8.79. The zero-order valence-electron chi connectivity index (χ0n) is 11.1. The van der Waals surface area contributed by atoms with Crippen LogP contribution in [-0.2, 0) is 0 Å². The number of aliphatic hydroxyl groups is 1. The van der Waals surface area contributed by atoms with Crippen LogP contribution in [0.15, 0.2) is 24.3 Å². The van der Waals surface area contributed by atoms with Crippen LogP contribution in [0.25, 0.3) is 0 Å². The minimum Gasteiger partial charge on any atom is -0.492 e. The molecule has 0 bridgehead atoms. The van der Waals surface area contributed by atoms with E-state index < -0.39 is 0 Å². The second kappa shape index (κ2) is 6.76. The number of ether oxygens (including phenoxy) is 1. The number of nitrogens with zero attached hydrogens (tertiary/aromatic N) is 1. The summed E-state index contributed by atoms with van der Waals surface area (Å²) in [7, 11) is 0. The van der Waals surface area contributed by atoms with Crippen molar-refractivity contribution in [2.24, 2.45) is 0 Å². The van der Waals surface area contributed by atoms with Crippen LogP contribution in [0.3, 0.4) is 0 Å². The maximum absolute atomic E-state index is 9.33. The molecule has 1 saturated heterocycles. The molecule has 0 aliphatic carbocycles. The standard InChI is InChI=1S/C15H23NO2/c1-13-5-7-15(8-6-13)18-11-10-16-9-3-2-4-14(16)12-17/h5-8,14,17H,2-4,9-12H2,1H3. The van der Waals surface area contributed by atoms with Gasteiger partial charge < -0.3 is 9.84 Å². The maximum Gasteiger partial charge on any atom is 0.119 e. The second-order valence-corrected chi connectivity index (χ2v) is 5.03. The fraction of sp³-hybridized carbons (Fsp3) is 0.600. The van der Waals surface area contributed by atoms with E-state index in [0.29, 0.717) is 12.6 Å². The van der Waals surface area contributed by atoms with Gasteiger partial charge in [-0.05, 0) is 38.4 Å². The van der Waals surface area contributed by atoms with Crippen molar-refractivity contribution >= 4 is 0 Å². The largest absolute Gasteiger partial charge is 0.492 e. The molecule has 0 radical (unpaired) electrons. The number of piperidine rings is 1. The summed E-state index contributed by atoms with van der Waals surface area (Å²) in [4.78, 5) is 2.34. The van der Waals surface area contributed by atoms with E-state index in [1.54, 1.807) is 0 Å². The molecule has 100 valence electrons. The number of aliphatic hydroxyl groups excluding tert-OH is 1. The van der Waals surface area contributed by atoms with Crippen molar-refractivity contribution in [3.05, 3.63) is 29.8 Å². The number of likely N-dealkylation sites (tertiary alicyclic amines) is 1. The Labute approximate surface area is 109 Å². The lowest BCUT2D eigenvalue weighted by atomic mass is 10.0. The Morgan fingerprint density at radius 1 is 1.28 bits per heavy atom. The molecule has 1 aliphatic rings. The Balaban J connectivity index is 1.75. The number of hydrogen-bond donors (Lipinski definition) is 1. The Bertz CT molecular complexity index is 350. The normalized spacial score (nSPS) is 20.9. The lowest BCUT2D eigenvalue weighted by molar-refractivity contribution is 0.0773. The summed E-state index contributed by atoms with van der Waals surface area (Å²) in [6.07, 6.45) is 3.59. The minimum atomic E-state index is 0.268. The fourth-order valence-electron chi connectivity index (χ4n) is 2.48. The maximum atomic E-state index is 9.33. The van der Waals surface area contributed by atoms with Crippen LogP contribution >= 0.6 is 0 Å². The molecule has 1 heterocycles. The summed E-state index contributed by atoms with van der Waals surface area (Å²) in [6, 6.07) is 8.48. The first kappa shape index (κ1) is 13.4. The molecule has 1 aromatic carbocycles. The van der Waals surface area contributed by atoms with Crippen molar-refractivity contribution in [1.29, 1.82) is 0 Å². The number of rotatable bonds is 5. The summed E-state index contributed by atoms with van der Waals surface area (Å²) in [5, 5.41) is 9.33. The summed E-state index contributed by atoms with van der Waals surface area (Å²) < 4.78 is 5.73. The molecule has 1 fully saturated rings. The van der Waals surface area contributed by atoms with Gasteiger partial charge in [0.2, 0.25) is 0 Å². The third kappa shape index (κ3) is 3.72. The Kier molecular flexibility index (Phi) is 5.02. The Morgan fingerprint density at radius 2 is 2.06 bits per heavy atom. The number of benzene rings is 1. The van der Waals surface area contributed by atoms with Crippen LogP contribution in [0.5, 0.6) is 5.75 Å². The molecular formula is C15H23NO2. The van der Waals surface area contributed by atoms with E-state index in [2.05, 4.69) is 24.0 Å². The number of hydrogen-bond acceptors (Lipinski definition) is 3. The lowest BCUT2D eigenvalue weighted by Crippen LogP contribution is -2.43. The van der Waals surface area contributed by atoms with E-state index in [4.69, 9.17) is 4.74 Å². The third-order valence-corrected chi connectivity index (χ3v) is 3.63. The van der Waals surface area contributed by atoms with Crippen LogP contribution in [0.4, 0.5) is 0 Å². The predicted octanol–water partition coefficient (Wildman–Crippen LogP) is 2.22. The predicted molar refractivity (Wildman–Crippen MR) is 73.0 cm³/mol. The van der Waals surface area contributed by atoms with Crippen molar-refractivity contribution in [3.8, 4) is 5.75 Å². The van der Waals surface area contributed by atoms with Crippen LogP contribution in [0, 0.1) is 6.92 Å². The topological polar surface area (TPSA) is 32.7 Å². The van der Waals surface area contributed by atoms with Crippen molar-refractivity contribution in [3.63, 3.8) is 0 Å². The van der Waals surface area contributed by atoms with Gasteiger partial charge in [-0.1, -0.05) is 24.1 Å². The van der Waals surface area contributed by atoms with E-state index in [1.165, 1.54) is 18.4 Å². The van der Waals surface area contributed by atoms with Crippen molar-refractivity contribution in [2.45, 2.75) is 32.2 Å². The van der Waals surface area contributed by atoms with E-state index in [0.717, 1.165) is 25.3 Å². The van der Waals surface area contributed by atoms with Gasteiger partial charge in [0.15, 0.2) is 0 Å². The molecule has 0 amide bonds. The lowest BCUT2D eigenvalue weighted by Gasteiger charge is -2.34. The van der Waals surface area contributed by atoms with E-state index in [1.807, 2.05) is 12.1 Å². The van der Waals surface area contributed by atoms with Crippen molar-refractivity contribution < 1.29 is 9.84 Å². The van der Waals surface area contributed by atoms with Gasteiger partial charge in [0.05, 0.1) is 6.61 Å². The average Bonchev–Trinajstić information content (AvgIpc) is 2.41. The highest BCUT2D eigenvalue weighted by Crippen LogP contribution is 2.16. The van der Waals surface area contributed by atoms with Gasteiger partial charge in [0.25, 0.3) is 0 Å². The summed E-state index contributed by atoms with van der Waals surface area (Å²) in [6.45, 7) is 5.02. The van der Waals surface area contributed by atoms with E-state index in [9.17, 15) is 5.11 Å². The van der Waals surface area contributed by atoms with Crippen LogP contribution < -0.4 is 4.74 Å². The van der Waals surface area contributed by atoms with Gasteiger partial charge in [-0.15, -0.1) is 0 Å². The van der Waals surface area contributed by atoms with E-state index in [-0.39, 0.29) is 6.61 Å². The minimum absolute atomic E-state index is 0.268. The highest BCUT2D eigenvalue weighted by atomic mass is 16.5. The monoisotopic (exact) mass is 249 g/mol. The zero-order valence-corrected chi connectivity index (χ0v) is 11.1. The average molecular weight is 249 g/mol. The molecule has 0 spiro atoms. The highest BCUT2D eigenvalue weighted by molar-refractivity contribution is 5.26. The number of aryl methyl sites for hydroxylation is 1. The van der Waals surface area contributed by atoms with Crippen LogP contribution in [-0.4, -0.2) is 42.4 Å². The highest BCUT2D eigenvalue weighted by Gasteiger charge is 2.20. The van der Waals surface area contributed by atoms with Gasteiger partial charge in [0.1, 0.15) is 12.4 Å². The SMILES string of the molecule is Cc1ccc(OCCN2CCCCC2CO)cc1. The van der Waals surface area contributed by atoms with Gasteiger partial charge in [-0.25, -0.2) is 0 Å². The molecule has 1 atom stereocenters. The fourth-order valence-corrected chi connectivity index (χ4v) is 2.48. The molecular weight excluding hydrogens is 226 g/mol. The molecule has 3 heteroatoms. The van der Waals surface area contributed by atoms with Crippen LogP contribution in [0.1, 0.15) is 24.8 Å². The quantitative estimate of drug-likeness (QED) is 0.868. The molecule has 18 heavy (non-hydrogen) atoms. The third-order valence-electron chi connectivity index (χ3n) is 3.63. The molecule has 0 aromatic heterocycles. The van der Waals surface area contributed by atoms with Gasteiger partial charge in [-0.3, -0.25) is 4.90 Å². The molecule has 1 aliphatic heterocycles. The molecule has 1 N–H and O–H groups in total. The Morgan fingerprint density at radius 3 is 2.78 bits per heavy atom. The first-order valence-electron chi connectivity index (χ1n) is 6.84. The summed E-state index contributed by atoms with van der Waals surface area (Å²) in [5.74, 6) is 0.929. The Hall–Kier alpha value is -1.06. The smallest absolute Gasteiger partial charge is 0.119 e.